The third-order valence-electron chi connectivity index (χ3n) is 3.69. The Hall–Kier alpha value is -1.74. The third kappa shape index (κ3) is 1.91. The lowest BCUT2D eigenvalue weighted by molar-refractivity contribution is 0.208. The van der Waals surface area contributed by atoms with Crippen LogP contribution in [0.4, 0.5) is 0 Å². The number of para-hydroxylation sites is 1. The molecule has 1 aliphatic rings. The van der Waals surface area contributed by atoms with Crippen LogP contribution in [-0.2, 0) is 19.5 Å². The van der Waals surface area contributed by atoms with E-state index >= 15 is 0 Å². The summed E-state index contributed by atoms with van der Waals surface area (Å²) in [6.45, 7) is 3.61. The summed E-state index contributed by atoms with van der Waals surface area (Å²) < 4.78 is 8.19. The molecule has 1 unspecified atom stereocenters. The smallest absolute Gasteiger partial charge is 0.123 e. The number of benzene rings is 1. The van der Waals surface area contributed by atoms with E-state index < -0.39 is 0 Å². The maximum Gasteiger partial charge on any atom is 0.123 e. The summed E-state index contributed by atoms with van der Waals surface area (Å²) in [7, 11) is 0. The molecule has 1 aromatic carbocycles. The van der Waals surface area contributed by atoms with Gasteiger partial charge in [-0.25, -0.2) is 0 Å². The fraction of sp³-hybridized carbons (Fsp3) is 0.333. The second-order valence-corrected chi connectivity index (χ2v) is 4.83. The first-order chi connectivity index (χ1) is 8.78. The summed E-state index contributed by atoms with van der Waals surface area (Å²) in [6.07, 6.45) is 3.33. The van der Waals surface area contributed by atoms with Gasteiger partial charge in [0.2, 0.25) is 0 Å². The molecule has 3 rings (SSSR count). The molecule has 0 fully saturated rings. The maximum absolute atomic E-state index is 5.96. The molecule has 3 heteroatoms. The molecule has 0 radical (unpaired) electrons. The van der Waals surface area contributed by atoms with Crippen LogP contribution in [0.5, 0.6) is 5.75 Å². The number of hydrogen-bond donors (Lipinski definition) is 1. The molecular weight excluding hydrogens is 224 g/mol. The van der Waals surface area contributed by atoms with Crippen molar-refractivity contribution in [1.29, 1.82) is 0 Å². The van der Waals surface area contributed by atoms with Crippen LogP contribution in [0.1, 0.15) is 16.8 Å². The fourth-order valence-corrected chi connectivity index (χ4v) is 2.59. The van der Waals surface area contributed by atoms with Gasteiger partial charge in [-0.15, -0.1) is 0 Å². The molecule has 0 bridgehead atoms. The van der Waals surface area contributed by atoms with Gasteiger partial charge in [0.05, 0.1) is 6.54 Å². The van der Waals surface area contributed by atoms with E-state index in [0.29, 0.717) is 6.54 Å². The van der Waals surface area contributed by atoms with E-state index in [0.717, 1.165) is 18.7 Å². The Balaban J connectivity index is 1.74. The highest BCUT2D eigenvalue weighted by Crippen LogP contribution is 2.29. The molecule has 1 aliphatic heterocycles. The fourth-order valence-electron chi connectivity index (χ4n) is 2.59. The lowest BCUT2D eigenvalue weighted by Gasteiger charge is -2.13. The number of nitrogens with two attached hydrogens (primary N) is 1. The van der Waals surface area contributed by atoms with Crippen molar-refractivity contribution < 1.29 is 4.74 Å². The molecule has 0 aliphatic carbocycles. The molecule has 3 nitrogen and oxygen atoms in total. The van der Waals surface area contributed by atoms with Crippen LogP contribution in [0.15, 0.2) is 36.5 Å². The van der Waals surface area contributed by atoms with Gasteiger partial charge in [0.1, 0.15) is 11.9 Å². The van der Waals surface area contributed by atoms with Crippen LogP contribution in [0.2, 0.25) is 0 Å². The van der Waals surface area contributed by atoms with Crippen molar-refractivity contribution in [2.45, 2.75) is 32.5 Å². The quantitative estimate of drug-likeness (QED) is 0.896. The summed E-state index contributed by atoms with van der Waals surface area (Å²) in [5.41, 5.74) is 9.47. The Bertz CT molecular complexity index is 534. The van der Waals surface area contributed by atoms with Crippen molar-refractivity contribution in [2.24, 2.45) is 5.73 Å². The molecule has 0 saturated carbocycles. The zero-order valence-electron chi connectivity index (χ0n) is 10.6. The van der Waals surface area contributed by atoms with Gasteiger partial charge in [-0.3, -0.25) is 0 Å². The normalized spacial score (nSPS) is 17.6. The Labute approximate surface area is 107 Å². The molecule has 1 atom stereocenters. The van der Waals surface area contributed by atoms with Crippen LogP contribution in [-0.4, -0.2) is 10.7 Å². The van der Waals surface area contributed by atoms with Gasteiger partial charge in [-0.2, -0.15) is 0 Å². The second kappa shape index (κ2) is 4.50. The van der Waals surface area contributed by atoms with E-state index in [4.69, 9.17) is 10.5 Å². The van der Waals surface area contributed by atoms with Gasteiger partial charge < -0.3 is 15.0 Å². The van der Waals surface area contributed by atoms with Crippen LogP contribution in [0.3, 0.4) is 0 Å². The summed E-state index contributed by atoms with van der Waals surface area (Å²) in [5.74, 6) is 1.03. The minimum absolute atomic E-state index is 0.235. The maximum atomic E-state index is 5.96. The van der Waals surface area contributed by atoms with Gasteiger partial charge >= 0.3 is 0 Å². The van der Waals surface area contributed by atoms with Gasteiger partial charge in [0.25, 0.3) is 0 Å². The molecule has 94 valence electrons. The molecule has 18 heavy (non-hydrogen) atoms. The lowest BCUT2D eigenvalue weighted by Crippen LogP contribution is -2.21. The van der Waals surface area contributed by atoms with E-state index in [1.54, 1.807) is 0 Å². The minimum Gasteiger partial charge on any atom is -0.488 e. The monoisotopic (exact) mass is 242 g/mol. The van der Waals surface area contributed by atoms with E-state index in [1.165, 1.54) is 16.8 Å². The van der Waals surface area contributed by atoms with Crippen LogP contribution < -0.4 is 10.5 Å². The Kier molecular flexibility index (Phi) is 2.84. The molecular formula is C15H18N2O. The molecule has 2 N–H and O–H groups in total. The number of aromatic nitrogens is 1. The average Bonchev–Trinajstić information content (AvgIpc) is 2.94. The Morgan fingerprint density at radius 1 is 1.33 bits per heavy atom. The highest BCUT2D eigenvalue weighted by molar-refractivity contribution is 5.37. The van der Waals surface area contributed by atoms with E-state index in [2.05, 4.69) is 35.9 Å². The summed E-state index contributed by atoms with van der Waals surface area (Å²) in [4.78, 5) is 0. The van der Waals surface area contributed by atoms with Gasteiger partial charge in [-0.05, 0) is 30.2 Å². The van der Waals surface area contributed by atoms with Crippen molar-refractivity contribution >= 4 is 0 Å². The average molecular weight is 242 g/mol. The predicted octanol–water partition coefficient (Wildman–Crippen LogP) is 2.26. The molecule has 0 spiro atoms. The molecule has 0 saturated heterocycles. The molecule has 2 aromatic rings. The van der Waals surface area contributed by atoms with E-state index in [-0.39, 0.29) is 6.10 Å². The van der Waals surface area contributed by atoms with Gasteiger partial charge in [-0.1, -0.05) is 18.2 Å². The SMILES string of the molecule is Cc1c(CN)ccn1CC1Cc2ccccc2O1. The van der Waals surface area contributed by atoms with E-state index in [1.807, 2.05) is 12.1 Å². The number of nitrogens with zero attached hydrogens (tertiary/aromatic N) is 1. The topological polar surface area (TPSA) is 40.2 Å². The number of rotatable bonds is 3. The molecule has 0 amide bonds. The van der Waals surface area contributed by atoms with Crippen LogP contribution >= 0.6 is 0 Å². The van der Waals surface area contributed by atoms with Crippen molar-refractivity contribution in [3.05, 3.63) is 53.3 Å². The largest absolute Gasteiger partial charge is 0.488 e. The van der Waals surface area contributed by atoms with Crippen LogP contribution in [0.25, 0.3) is 0 Å². The number of fused-ring (bicyclic) bond motifs is 1. The Morgan fingerprint density at radius 3 is 2.89 bits per heavy atom. The zero-order valence-corrected chi connectivity index (χ0v) is 10.6. The Morgan fingerprint density at radius 2 is 2.17 bits per heavy atom. The van der Waals surface area contributed by atoms with Gasteiger partial charge in [0, 0.05) is 24.9 Å². The van der Waals surface area contributed by atoms with Crippen molar-refractivity contribution in [3.8, 4) is 5.75 Å². The first-order valence-corrected chi connectivity index (χ1v) is 6.37. The number of ether oxygens (including phenoxy) is 1. The molecule has 2 heterocycles. The summed E-state index contributed by atoms with van der Waals surface area (Å²) >= 11 is 0. The zero-order chi connectivity index (χ0) is 12.5. The standard InChI is InChI=1S/C15H18N2O/c1-11-13(9-16)6-7-17(11)10-14-8-12-4-2-3-5-15(12)18-14/h2-7,14H,8-10,16H2,1H3. The third-order valence-corrected chi connectivity index (χ3v) is 3.69. The molecule has 1 aromatic heterocycles. The van der Waals surface area contributed by atoms with Crippen molar-refractivity contribution in [3.63, 3.8) is 0 Å². The predicted molar refractivity (Wildman–Crippen MR) is 71.6 cm³/mol. The highest BCUT2D eigenvalue weighted by atomic mass is 16.5. The van der Waals surface area contributed by atoms with Crippen LogP contribution in [0, 0.1) is 6.92 Å². The first-order valence-electron chi connectivity index (χ1n) is 6.37. The first kappa shape index (κ1) is 11.4. The second-order valence-electron chi connectivity index (χ2n) is 4.83. The number of hydrogen-bond acceptors (Lipinski definition) is 2. The van der Waals surface area contributed by atoms with Gasteiger partial charge in [0.15, 0.2) is 0 Å². The minimum atomic E-state index is 0.235. The van der Waals surface area contributed by atoms with Crippen molar-refractivity contribution in [2.75, 3.05) is 0 Å². The summed E-state index contributed by atoms with van der Waals surface area (Å²) in [5, 5.41) is 0. The lowest BCUT2D eigenvalue weighted by atomic mass is 10.1. The van der Waals surface area contributed by atoms with E-state index in [9.17, 15) is 0 Å². The highest BCUT2D eigenvalue weighted by Gasteiger charge is 2.22. The van der Waals surface area contributed by atoms with Crippen molar-refractivity contribution in [1.82, 2.24) is 4.57 Å². The summed E-state index contributed by atoms with van der Waals surface area (Å²) in [6, 6.07) is 10.4.